The summed E-state index contributed by atoms with van der Waals surface area (Å²) in [6.45, 7) is 2.90. The van der Waals surface area contributed by atoms with E-state index in [1.54, 1.807) is 0 Å². The Hall–Kier alpha value is -0.0800. The van der Waals surface area contributed by atoms with Crippen molar-refractivity contribution >= 4 is 0 Å². The Morgan fingerprint density at radius 1 is 1.06 bits per heavy atom. The van der Waals surface area contributed by atoms with Crippen LogP contribution < -0.4 is 0 Å². The molecule has 2 heteroatoms. The molecule has 3 rings (SSSR count). The molecule has 2 aliphatic carbocycles. The zero-order valence-corrected chi connectivity index (χ0v) is 10.3. The Labute approximate surface area is 99.0 Å². The van der Waals surface area contributed by atoms with Gasteiger partial charge in [0.2, 0.25) is 0 Å². The highest BCUT2D eigenvalue weighted by atomic mass is 16.3. The molecule has 4 atom stereocenters. The average molecular weight is 223 g/mol. The second-order valence-corrected chi connectivity index (χ2v) is 6.26. The molecule has 16 heavy (non-hydrogen) atoms. The summed E-state index contributed by atoms with van der Waals surface area (Å²) < 4.78 is 0. The predicted molar refractivity (Wildman–Crippen MR) is 65.2 cm³/mol. The maximum Gasteiger partial charge on any atom is 0.0586 e. The number of aliphatic hydroxyl groups is 1. The SMILES string of the molecule is OCC1CCCCN1CC1CC2CCC1C2. The van der Waals surface area contributed by atoms with Crippen LogP contribution in [0.4, 0.5) is 0 Å². The summed E-state index contributed by atoms with van der Waals surface area (Å²) in [5.74, 6) is 3.06. The molecular formula is C14H25NO. The highest BCUT2D eigenvalue weighted by molar-refractivity contribution is 4.92. The number of hydrogen-bond acceptors (Lipinski definition) is 2. The van der Waals surface area contributed by atoms with Crippen LogP contribution in [0.5, 0.6) is 0 Å². The van der Waals surface area contributed by atoms with E-state index in [0.717, 1.165) is 17.8 Å². The molecule has 2 saturated carbocycles. The van der Waals surface area contributed by atoms with E-state index in [1.807, 2.05) is 0 Å². The van der Waals surface area contributed by atoms with Crippen molar-refractivity contribution in [3.63, 3.8) is 0 Å². The fraction of sp³-hybridized carbons (Fsp3) is 1.00. The lowest BCUT2D eigenvalue weighted by atomic mass is 9.87. The summed E-state index contributed by atoms with van der Waals surface area (Å²) in [7, 11) is 0. The molecule has 1 aliphatic heterocycles. The summed E-state index contributed by atoms with van der Waals surface area (Å²) in [5.41, 5.74) is 0. The normalized spacial score (nSPS) is 44.1. The number of fused-ring (bicyclic) bond motifs is 2. The van der Waals surface area contributed by atoms with Gasteiger partial charge < -0.3 is 5.11 Å². The number of likely N-dealkylation sites (tertiary alicyclic amines) is 1. The fourth-order valence-corrected chi connectivity index (χ4v) is 4.41. The van der Waals surface area contributed by atoms with Gasteiger partial charge in [0.15, 0.2) is 0 Å². The van der Waals surface area contributed by atoms with Crippen LogP contribution in [0.2, 0.25) is 0 Å². The van der Waals surface area contributed by atoms with Crippen molar-refractivity contribution < 1.29 is 5.11 Å². The van der Waals surface area contributed by atoms with Gasteiger partial charge in [-0.2, -0.15) is 0 Å². The standard InChI is InChI=1S/C14H25NO/c16-10-14-3-1-2-6-15(14)9-13-8-11-4-5-12(13)7-11/h11-14,16H,1-10H2. The molecule has 2 nitrogen and oxygen atoms in total. The van der Waals surface area contributed by atoms with Crippen molar-refractivity contribution in [1.29, 1.82) is 0 Å². The van der Waals surface area contributed by atoms with E-state index in [0.29, 0.717) is 12.6 Å². The van der Waals surface area contributed by atoms with Gasteiger partial charge in [-0.3, -0.25) is 4.90 Å². The van der Waals surface area contributed by atoms with Crippen molar-refractivity contribution in [3.05, 3.63) is 0 Å². The van der Waals surface area contributed by atoms with Gasteiger partial charge in [-0.15, -0.1) is 0 Å². The lowest BCUT2D eigenvalue weighted by molar-refractivity contribution is 0.0664. The highest BCUT2D eigenvalue weighted by Gasteiger charge is 2.40. The molecule has 0 aromatic carbocycles. The molecule has 2 bridgehead atoms. The van der Waals surface area contributed by atoms with Gasteiger partial charge in [-0.25, -0.2) is 0 Å². The minimum Gasteiger partial charge on any atom is -0.395 e. The number of aliphatic hydroxyl groups excluding tert-OH is 1. The van der Waals surface area contributed by atoms with Crippen molar-refractivity contribution in [2.24, 2.45) is 17.8 Å². The van der Waals surface area contributed by atoms with Crippen molar-refractivity contribution in [2.75, 3.05) is 19.7 Å². The second kappa shape index (κ2) is 4.66. The van der Waals surface area contributed by atoms with Gasteiger partial charge in [-0.1, -0.05) is 12.8 Å². The molecule has 0 radical (unpaired) electrons. The lowest BCUT2D eigenvalue weighted by Gasteiger charge is -2.38. The van der Waals surface area contributed by atoms with E-state index in [9.17, 15) is 5.11 Å². The molecule has 92 valence electrons. The maximum absolute atomic E-state index is 9.43. The molecule has 0 spiro atoms. The fourth-order valence-electron chi connectivity index (χ4n) is 4.41. The minimum absolute atomic E-state index is 0.376. The monoisotopic (exact) mass is 223 g/mol. The van der Waals surface area contributed by atoms with E-state index in [1.165, 1.54) is 58.0 Å². The van der Waals surface area contributed by atoms with Crippen molar-refractivity contribution in [3.8, 4) is 0 Å². The van der Waals surface area contributed by atoms with Crippen LogP contribution in [-0.2, 0) is 0 Å². The maximum atomic E-state index is 9.43. The van der Waals surface area contributed by atoms with Crippen LogP contribution in [-0.4, -0.2) is 35.7 Å². The topological polar surface area (TPSA) is 23.5 Å². The summed E-state index contributed by atoms with van der Waals surface area (Å²) in [6.07, 6.45) is 9.88. The van der Waals surface area contributed by atoms with Gasteiger partial charge in [0.25, 0.3) is 0 Å². The van der Waals surface area contributed by atoms with Gasteiger partial charge in [0.1, 0.15) is 0 Å². The van der Waals surface area contributed by atoms with E-state index in [4.69, 9.17) is 0 Å². The molecule has 3 fully saturated rings. The largest absolute Gasteiger partial charge is 0.395 e. The molecule has 1 heterocycles. The Kier molecular flexibility index (Phi) is 3.21. The van der Waals surface area contributed by atoms with E-state index in [2.05, 4.69) is 4.90 Å². The van der Waals surface area contributed by atoms with Crippen LogP contribution in [0.15, 0.2) is 0 Å². The first kappa shape index (κ1) is 11.0. The summed E-state index contributed by atoms with van der Waals surface area (Å²) in [4.78, 5) is 2.59. The predicted octanol–water partition coefficient (Wildman–Crippen LogP) is 2.27. The van der Waals surface area contributed by atoms with E-state index in [-0.39, 0.29) is 0 Å². The molecule has 0 aromatic heterocycles. The van der Waals surface area contributed by atoms with Crippen LogP contribution in [0.1, 0.15) is 44.9 Å². The molecule has 0 aromatic rings. The first-order valence-corrected chi connectivity index (χ1v) is 7.21. The van der Waals surface area contributed by atoms with Crippen LogP contribution >= 0.6 is 0 Å². The first-order valence-electron chi connectivity index (χ1n) is 7.21. The molecule has 0 amide bonds. The van der Waals surface area contributed by atoms with Crippen LogP contribution in [0.25, 0.3) is 0 Å². The minimum atomic E-state index is 0.376. The number of piperidine rings is 1. The smallest absolute Gasteiger partial charge is 0.0586 e. The zero-order chi connectivity index (χ0) is 11.0. The Balaban J connectivity index is 1.56. The van der Waals surface area contributed by atoms with Crippen molar-refractivity contribution in [2.45, 2.75) is 51.0 Å². The molecule has 1 saturated heterocycles. The van der Waals surface area contributed by atoms with Gasteiger partial charge in [0.05, 0.1) is 6.61 Å². The number of nitrogens with zero attached hydrogens (tertiary/aromatic N) is 1. The third-order valence-corrected chi connectivity index (χ3v) is 5.31. The second-order valence-electron chi connectivity index (χ2n) is 6.26. The Morgan fingerprint density at radius 2 is 2.00 bits per heavy atom. The van der Waals surface area contributed by atoms with Gasteiger partial charge in [-0.05, 0) is 56.4 Å². The summed E-state index contributed by atoms with van der Waals surface area (Å²) >= 11 is 0. The Bertz CT molecular complexity index is 243. The number of hydrogen-bond donors (Lipinski definition) is 1. The first-order chi connectivity index (χ1) is 7.86. The summed E-state index contributed by atoms with van der Waals surface area (Å²) in [6, 6.07) is 0.480. The molecule has 1 N–H and O–H groups in total. The molecule has 3 aliphatic rings. The van der Waals surface area contributed by atoms with Crippen LogP contribution in [0, 0.1) is 17.8 Å². The van der Waals surface area contributed by atoms with Gasteiger partial charge >= 0.3 is 0 Å². The lowest BCUT2D eigenvalue weighted by Crippen LogP contribution is -2.45. The summed E-state index contributed by atoms with van der Waals surface area (Å²) in [5, 5.41) is 9.43. The third-order valence-electron chi connectivity index (χ3n) is 5.31. The Morgan fingerprint density at radius 3 is 2.69 bits per heavy atom. The molecular weight excluding hydrogens is 198 g/mol. The van der Waals surface area contributed by atoms with Crippen LogP contribution in [0.3, 0.4) is 0 Å². The van der Waals surface area contributed by atoms with Gasteiger partial charge in [0, 0.05) is 12.6 Å². The van der Waals surface area contributed by atoms with E-state index >= 15 is 0 Å². The zero-order valence-electron chi connectivity index (χ0n) is 10.3. The number of rotatable bonds is 3. The molecule has 4 unspecified atom stereocenters. The third kappa shape index (κ3) is 2.02. The van der Waals surface area contributed by atoms with E-state index < -0.39 is 0 Å². The van der Waals surface area contributed by atoms with Crippen molar-refractivity contribution in [1.82, 2.24) is 4.90 Å². The average Bonchev–Trinajstić information content (AvgIpc) is 2.92. The highest BCUT2D eigenvalue weighted by Crippen LogP contribution is 2.48. The quantitative estimate of drug-likeness (QED) is 0.793.